The van der Waals surface area contributed by atoms with Crippen LogP contribution in [0, 0.1) is 0 Å². The number of aromatic nitrogens is 1. The summed E-state index contributed by atoms with van der Waals surface area (Å²) < 4.78 is 0. The van der Waals surface area contributed by atoms with Gasteiger partial charge < -0.3 is 20.9 Å². The van der Waals surface area contributed by atoms with Crippen LogP contribution in [0.5, 0.6) is 0 Å². The van der Waals surface area contributed by atoms with Gasteiger partial charge in [0, 0.05) is 35.2 Å². The van der Waals surface area contributed by atoms with E-state index in [1.54, 1.807) is 36.5 Å². The van der Waals surface area contributed by atoms with E-state index < -0.39 is 0 Å². The number of carbonyl (C=O) groups excluding carboxylic acids is 2. The standard InChI is InChI=1S/C27H33N5O2/c1-3-18-32(4-2)19-8-17-29-26(33)22-9-7-10-24(20-22)30-23-14-12-21(13-15-23)27(34)31-25-11-5-6-16-28-25/h5-7,9-16,20,30H,3-4,8,17-19H2,1-2H3,(H,29,33)(H,28,31,34). The van der Waals surface area contributed by atoms with E-state index in [1.165, 1.54) is 0 Å². The Morgan fingerprint density at radius 2 is 1.68 bits per heavy atom. The predicted molar refractivity (Wildman–Crippen MR) is 138 cm³/mol. The smallest absolute Gasteiger partial charge is 0.256 e. The van der Waals surface area contributed by atoms with Gasteiger partial charge >= 0.3 is 0 Å². The maximum Gasteiger partial charge on any atom is 0.256 e. The molecule has 1 heterocycles. The van der Waals surface area contributed by atoms with Gasteiger partial charge in [-0.25, -0.2) is 4.98 Å². The normalized spacial score (nSPS) is 10.7. The fraction of sp³-hybridized carbons (Fsp3) is 0.296. The summed E-state index contributed by atoms with van der Waals surface area (Å²) in [6, 6.07) is 19.9. The molecule has 0 bridgehead atoms. The first-order chi connectivity index (χ1) is 16.6. The number of benzene rings is 2. The topological polar surface area (TPSA) is 86.4 Å². The summed E-state index contributed by atoms with van der Waals surface area (Å²) in [5, 5.41) is 9.06. The molecule has 0 aliphatic heterocycles. The van der Waals surface area contributed by atoms with Crippen LogP contribution in [-0.4, -0.2) is 47.9 Å². The Kier molecular flexibility index (Phi) is 9.61. The van der Waals surface area contributed by atoms with E-state index >= 15 is 0 Å². The molecule has 3 rings (SSSR count). The molecule has 178 valence electrons. The molecular weight excluding hydrogens is 426 g/mol. The summed E-state index contributed by atoms with van der Waals surface area (Å²) in [4.78, 5) is 31.4. The van der Waals surface area contributed by atoms with Gasteiger partial charge in [-0.1, -0.05) is 26.0 Å². The highest BCUT2D eigenvalue weighted by Crippen LogP contribution is 2.19. The fourth-order valence-corrected chi connectivity index (χ4v) is 3.59. The van der Waals surface area contributed by atoms with Crippen molar-refractivity contribution in [1.29, 1.82) is 0 Å². The van der Waals surface area contributed by atoms with E-state index in [0.29, 0.717) is 23.5 Å². The van der Waals surface area contributed by atoms with Crippen molar-refractivity contribution in [3.05, 3.63) is 84.1 Å². The molecule has 3 N–H and O–H groups in total. The van der Waals surface area contributed by atoms with Crippen molar-refractivity contribution in [3.63, 3.8) is 0 Å². The molecule has 0 spiro atoms. The summed E-state index contributed by atoms with van der Waals surface area (Å²) in [6.07, 6.45) is 3.70. The van der Waals surface area contributed by atoms with Crippen molar-refractivity contribution >= 4 is 29.0 Å². The Balaban J connectivity index is 1.51. The number of pyridine rings is 1. The summed E-state index contributed by atoms with van der Waals surface area (Å²) in [7, 11) is 0. The van der Waals surface area contributed by atoms with Gasteiger partial charge in [0.1, 0.15) is 5.82 Å². The Morgan fingerprint density at radius 1 is 0.853 bits per heavy atom. The molecule has 7 heteroatoms. The summed E-state index contributed by atoms with van der Waals surface area (Å²) in [6.45, 7) is 8.11. The monoisotopic (exact) mass is 459 g/mol. The molecule has 3 aromatic rings. The number of anilines is 3. The first-order valence-electron chi connectivity index (χ1n) is 11.8. The lowest BCUT2D eigenvalue weighted by Gasteiger charge is -2.19. The predicted octanol–water partition coefficient (Wildman–Crippen LogP) is 4.93. The van der Waals surface area contributed by atoms with Gasteiger partial charge in [0.2, 0.25) is 0 Å². The quantitative estimate of drug-likeness (QED) is 0.334. The van der Waals surface area contributed by atoms with Crippen molar-refractivity contribution in [3.8, 4) is 0 Å². The largest absolute Gasteiger partial charge is 0.356 e. The van der Waals surface area contributed by atoms with Crippen molar-refractivity contribution in [2.45, 2.75) is 26.7 Å². The summed E-state index contributed by atoms with van der Waals surface area (Å²) in [5.41, 5.74) is 2.77. The van der Waals surface area contributed by atoms with Crippen molar-refractivity contribution < 1.29 is 9.59 Å². The van der Waals surface area contributed by atoms with E-state index in [-0.39, 0.29) is 11.8 Å². The lowest BCUT2D eigenvalue weighted by atomic mass is 10.1. The van der Waals surface area contributed by atoms with Gasteiger partial charge in [-0.15, -0.1) is 0 Å². The highest BCUT2D eigenvalue weighted by atomic mass is 16.2. The molecule has 7 nitrogen and oxygen atoms in total. The van der Waals surface area contributed by atoms with Crippen LogP contribution in [0.15, 0.2) is 72.9 Å². The Bertz CT molecular complexity index is 1050. The highest BCUT2D eigenvalue weighted by Gasteiger charge is 2.09. The van der Waals surface area contributed by atoms with E-state index in [1.807, 2.05) is 36.4 Å². The molecule has 2 amide bonds. The maximum absolute atomic E-state index is 12.6. The van der Waals surface area contributed by atoms with E-state index in [9.17, 15) is 9.59 Å². The summed E-state index contributed by atoms with van der Waals surface area (Å²) in [5.74, 6) is 0.206. The second-order valence-electron chi connectivity index (χ2n) is 8.00. The van der Waals surface area contributed by atoms with Crippen LogP contribution < -0.4 is 16.0 Å². The maximum atomic E-state index is 12.6. The average molecular weight is 460 g/mol. The lowest BCUT2D eigenvalue weighted by Crippen LogP contribution is -2.30. The molecule has 0 unspecified atom stereocenters. The molecule has 1 aromatic heterocycles. The third-order valence-electron chi connectivity index (χ3n) is 5.39. The number of nitrogens with one attached hydrogen (secondary N) is 3. The number of carbonyl (C=O) groups is 2. The summed E-state index contributed by atoms with van der Waals surface area (Å²) >= 11 is 0. The van der Waals surface area contributed by atoms with Gasteiger partial charge in [0.15, 0.2) is 0 Å². The van der Waals surface area contributed by atoms with Crippen LogP contribution in [-0.2, 0) is 0 Å². The molecule has 0 atom stereocenters. The first-order valence-corrected chi connectivity index (χ1v) is 11.8. The second-order valence-corrected chi connectivity index (χ2v) is 8.00. The molecule has 2 aromatic carbocycles. The zero-order chi connectivity index (χ0) is 24.2. The second kappa shape index (κ2) is 13.1. The van der Waals surface area contributed by atoms with E-state index in [2.05, 4.69) is 39.7 Å². The first kappa shape index (κ1) is 24.9. The number of hydrogen-bond donors (Lipinski definition) is 3. The van der Waals surface area contributed by atoms with Gasteiger partial charge in [-0.05, 0) is 87.1 Å². The zero-order valence-electron chi connectivity index (χ0n) is 19.9. The number of hydrogen-bond acceptors (Lipinski definition) is 5. The molecule has 0 aliphatic rings. The third-order valence-corrected chi connectivity index (χ3v) is 5.39. The minimum Gasteiger partial charge on any atom is -0.356 e. The van der Waals surface area contributed by atoms with E-state index in [0.717, 1.165) is 43.9 Å². The Hall–Kier alpha value is -3.71. The molecule has 0 saturated heterocycles. The molecule has 34 heavy (non-hydrogen) atoms. The molecule has 0 fully saturated rings. The minimum absolute atomic E-state index is 0.0799. The molecular formula is C27H33N5O2. The molecule has 0 aliphatic carbocycles. The van der Waals surface area contributed by atoms with Crippen LogP contribution in [0.25, 0.3) is 0 Å². The van der Waals surface area contributed by atoms with Crippen LogP contribution >= 0.6 is 0 Å². The van der Waals surface area contributed by atoms with Crippen LogP contribution in [0.1, 0.15) is 47.4 Å². The third kappa shape index (κ3) is 7.71. The molecule has 0 radical (unpaired) electrons. The number of amides is 2. The minimum atomic E-state index is -0.222. The van der Waals surface area contributed by atoms with E-state index in [4.69, 9.17) is 0 Å². The van der Waals surface area contributed by atoms with Crippen LogP contribution in [0.2, 0.25) is 0 Å². The Morgan fingerprint density at radius 3 is 2.38 bits per heavy atom. The average Bonchev–Trinajstić information content (AvgIpc) is 2.87. The van der Waals surface area contributed by atoms with Gasteiger partial charge in [0.25, 0.3) is 11.8 Å². The van der Waals surface area contributed by atoms with Gasteiger partial charge in [-0.3, -0.25) is 9.59 Å². The molecule has 0 saturated carbocycles. The van der Waals surface area contributed by atoms with Crippen molar-refractivity contribution in [2.75, 3.05) is 36.8 Å². The van der Waals surface area contributed by atoms with Crippen molar-refractivity contribution in [1.82, 2.24) is 15.2 Å². The van der Waals surface area contributed by atoms with Crippen LogP contribution in [0.3, 0.4) is 0 Å². The number of nitrogens with zero attached hydrogens (tertiary/aromatic N) is 2. The highest BCUT2D eigenvalue weighted by molar-refractivity contribution is 6.04. The fourth-order valence-electron chi connectivity index (χ4n) is 3.59. The van der Waals surface area contributed by atoms with Crippen LogP contribution in [0.4, 0.5) is 17.2 Å². The Labute approximate surface area is 201 Å². The zero-order valence-corrected chi connectivity index (χ0v) is 19.9. The van der Waals surface area contributed by atoms with Gasteiger partial charge in [-0.2, -0.15) is 0 Å². The van der Waals surface area contributed by atoms with Gasteiger partial charge in [0.05, 0.1) is 0 Å². The lowest BCUT2D eigenvalue weighted by molar-refractivity contribution is 0.0951. The SMILES string of the molecule is CCCN(CC)CCCNC(=O)c1cccc(Nc2ccc(C(=O)Nc3ccccn3)cc2)c1. The van der Waals surface area contributed by atoms with Crippen molar-refractivity contribution in [2.24, 2.45) is 0 Å². The number of rotatable bonds is 12.